The first-order valence-corrected chi connectivity index (χ1v) is 17.6. The van der Waals surface area contributed by atoms with Gasteiger partial charge in [-0.25, -0.2) is 4.98 Å². The van der Waals surface area contributed by atoms with Crippen LogP contribution in [-0.2, 0) is 20.1 Å². The topological polar surface area (TPSA) is 51.8 Å². The molecule has 4 heterocycles. The maximum absolute atomic E-state index is 6.50. The number of benzene rings is 4. The molecule has 1 radical (unpaired) electrons. The van der Waals surface area contributed by atoms with Crippen LogP contribution < -0.4 is 0 Å². The first-order chi connectivity index (χ1) is 24.8. The van der Waals surface area contributed by atoms with Gasteiger partial charge in [0.2, 0.25) is 5.71 Å². The van der Waals surface area contributed by atoms with Crippen LogP contribution in [0.15, 0.2) is 132 Å². The third kappa shape index (κ3) is 7.39. The van der Waals surface area contributed by atoms with E-state index in [-0.39, 0.29) is 20.1 Å². The van der Waals surface area contributed by atoms with Crippen LogP contribution in [0.2, 0.25) is 0 Å². The van der Waals surface area contributed by atoms with E-state index < -0.39 is 0 Å². The quantitative estimate of drug-likeness (QED) is 0.156. The molecule has 0 aliphatic heterocycles. The Kier molecular flexibility index (Phi) is 11.2. The zero-order valence-electron chi connectivity index (χ0n) is 30.4. The van der Waals surface area contributed by atoms with E-state index in [9.17, 15) is 0 Å². The maximum atomic E-state index is 6.50. The predicted octanol–water partition coefficient (Wildman–Crippen LogP) is 12.6. The summed E-state index contributed by atoms with van der Waals surface area (Å²) in [6.07, 6.45) is 3.70. The van der Waals surface area contributed by atoms with Gasteiger partial charge in [-0.05, 0) is 83.1 Å². The monoisotopic (exact) mass is 856 g/mol. The van der Waals surface area contributed by atoms with Crippen molar-refractivity contribution in [1.82, 2.24) is 15.0 Å². The average molecular weight is 856 g/mol. The fraction of sp³-hybridized carbons (Fsp3) is 0.170. The van der Waals surface area contributed by atoms with Gasteiger partial charge < -0.3 is 14.4 Å². The second kappa shape index (κ2) is 16.0. The SMILES string of the molecule is Cc1cnc(-c2[c-]ccc3c2oc2nc(-c4c(C(C)C)ccc(-c5ccccc5)c4C(C)C)ccc23)cc1C.[Ir].[c-]1ccccc1-c1ccccn1. The smallest absolute Gasteiger partial charge is 0.216 e. The Bertz CT molecular complexity index is 2400. The van der Waals surface area contributed by atoms with Crippen LogP contribution in [0.25, 0.3) is 67.0 Å². The average Bonchev–Trinajstić information content (AvgIpc) is 3.55. The van der Waals surface area contributed by atoms with Gasteiger partial charge in [0.15, 0.2) is 0 Å². The van der Waals surface area contributed by atoms with Gasteiger partial charge in [-0.3, -0.25) is 0 Å². The van der Waals surface area contributed by atoms with Crippen LogP contribution in [0.4, 0.5) is 0 Å². The first kappa shape index (κ1) is 36.6. The molecule has 5 heteroatoms. The minimum atomic E-state index is 0. The minimum absolute atomic E-state index is 0. The summed E-state index contributed by atoms with van der Waals surface area (Å²) in [6.45, 7) is 13.2. The molecule has 0 saturated heterocycles. The summed E-state index contributed by atoms with van der Waals surface area (Å²) in [5, 5.41) is 2.04. The number of hydrogen-bond acceptors (Lipinski definition) is 4. The van der Waals surface area contributed by atoms with Crippen molar-refractivity contribution in [2.75, 3.05) is 0 Å². The summed E-state index contributed by atoms with van der Waals surface area (Å²) in [4.78, 5) is 14.1. The van der Waals surface area contributed by atoms with Gasteiger partial charge in [0.05, 0.1) is 11.3 Å². The van der Waals surface area contributed by atoms with E-state index >= 15 is 0 Å². The van der Waals surface area contributed by atoms with Gasteiger partial charge in [0, 0.05) is 43.4 Å². The summed E-state index contributed by atoms with van der Waals surface area (Å²) >= 11 is 0. The maximum Gasteiger partial charge on any atom is 0.216 e. The summed E-state index contributed by atoms with van der Waals surface area (Å²) in [5.41, 5.74) is 14.8. The van der Waals surface area contributed by atoms with Crippen LogP contribution in [0, 0.1) is 26.0 Å². The zero-order valence-corrected chi connectivity index (χ0v) is 32.8. The fourth-order valence-electron chi connectivity index (χ4n) is 6.66. The Hall–Kier alpha value is -5.22. The first-order valence-electron chi connectivity index (χ1n) is 17.6. The van der Waals surface area contributed by atoms with Gasteiger partial charge >= 0.3 is 0 Å². The van der Waals surface area contributed by atoms with Crippen molar-refractivity contribution in [2.24, 2.45) is 0 Å². The molecule has 4 aromatic heterocycles. The molecule has 0 unspecified atom stereocenters. The molecule has 0 aliphatic carbocycles. The fourth-order valence-corrected chi connectivity index (χ4v) is 6.66. The second-order valence-electron chi connectivity index (χ2n) is 13.6. The second-order valence-corrected chi connectivity index (χ2v) is 13.6. The van der Waals surface area contributed by atoms with Gasteiger partial charge in [-0.1, -0.05) is 105 Å². The largest absolute Gasteiger partial charge is 0.486 e. The number of aromatic nitrogens is 3. The Morgan fingerprint density at radius 2 is 1.42 bits per heavy atom. The van der Waals surface area contributed by atoms with Crippen LogP contribution in [0.1, 0.15) is 61.8 Å². The van der Waals surface area contributed by atoms with E-state index in [1.54, 1.807) is 6.20 Å². The molecule has 0 spiro atoms. The molecule has 8 aromatic rings. The summed E-state index contributed by atoms with van der Waals surface area (Å²) in [7, 11) is 0. The van der Waals surface area contributed by atoms with Crippen molar-refractivity contribution in [3.05, 3.63) is 162 Å². The number of pyridine rings is 3. The van der Waals surface area contributed by atoms with Gasteiger partial charge in [0.25, 0.3) is 0 Å². The Labute approximate surface area is 320 Å². The van der Waals surface area contributed by atoms with Gasteiger partial charge in [-0.2, -0.15) is 0 Å². The van der Waals surface area contributed by atoms with E-state index in [2.05, 4.69) is 130 Å². The molecule has 0 amide bonds. The molecule has 0 saturated carbocycles. The molecule has 0 bridgehead atoms. The third-order valence-corrected chi connectivity index (χ3v) is 9.40. The van der Waals surface area contributed by atoms with E-state index in [0.29, 0.717) is 17.5 Å². The summed E-state index contributed by atoms with van der Waals surface area (Å²) < 4.78 is 6.50. The number of fused-ring (bicyclic) bond motifs is 3. The molecule has 4 nitrogen and oxygen atoms in total. The third-order valence-electron chi connectivity index (χ3n) is 9.40. The number of nitrogens with zero attached hydrogens (tertiary/aromatic N) is 3. The Balaban J connectivity index is 0.000000302. The minimum Gasteiger partial charge on any atom is -0.486 e. The van der Waals surface area contributed by atoms with Crippen molar-refractivity contribution in [2.45, 2.75) is 53.4 Å². The van der Waals surface area contributed by atoms with Crippen LogP contribution in [-0.4, -0.2) is 15.0 Å². The van der Waals surface area contributed by atoms with E-state index in [4.69, 9.17) is 9.40 Å². The van der Waals surface area contributed by atoms with Gasteiger partial charge in [0.1, 0.15) is 0 Å². The molecular formula is C47H41IrN3O-2. The molecule has 0 atom stereocenters. The summed E-state index contributed by atoms with van der Waals surface area (Å²) in [5.74, 6) is 0.673. The normalized spacial score (nSPS) is 11.1. The van der Waals surface area contributed by atoms with Crippen molar-refractivity contribution >= 4 is 22.1 Å². The Morgan fingerprint density at radius 1 is 0.635 bits per heavy atom. The van der Waals surface area contributed by atoms with Crippen molar-refractivity contribution in [1.29, 1.82) is 0 Å². The number of rotatable bonds is 6. The van der Waals surface area contributed by atoms with Crippen LogP contribution in [0.3, 0.4) is 0 Å². The molecule has 4 aromatic carbocycles. The van der Waals surface area contributed by atoms with E-state index in [1.165, 1.54) is 38.9 Å². The number of hydrogen-bond donors (Lipinski definition) is 0. The number of furan rings is 1. The Morgan fingerprint density at radius 3 is 2.12 bits per heavy atom. The standard InChI is InChI=1S/C36H33N2O.C11H8N.Ir/c1-21(2)26-15-16-27(25-11-8-7-9-12-25)33(22(3)4)34(26)31-18-17-29-28-13-10-14-30(35(28)39-36(29)38-31)32-19-23(5)24(6)20-37-32;1-2-6-10(7-3-1)11-8-4-5-9-12-11;/h7-13,15-22H,1-6H3;1-6,8-9H;/q2*-1;. The number of aryl methyl sites for hydroxylation is 2. The molecular weight excluding hydrogens is 815 g/mol. The molecule has 8 rings (SSSR count). The van der Waals surface area contributed by atoms with E-state index in [1.807, 2.05) is 54.7 Å². The summed E-state index contributed by atoms with van der Waals surface area (Å²) in [6, 6.07) is 45.8. The van der Waals surface area contributed by atoms with Crippen molar-refractivity contribution in [3.8, 4) is 44.9 Å². The molecule has 261 valence electrons. The predicted molar refractivity (Wildman–Crippen MR) is 211 cm³/mol. The molecule has 0 fully saturated rings. The zero-order chi connectivity index (χ0) is 35.5. The van der Waals surface area contributed by atoms with Crippen LogP contribution >= 0.6 is 0 Å². The van der Waals surface area contributed by atoms with Crippen molar-refractivity contribution in [3.63, 3.8) is 0 Å². The van der Waals surface area contributed by atoms with Crippen molar-refractivity contribution < 1.29 is 24.5 Å². The molecule has 0 N–H and O–H groups in total. The van der Waals surface area contributed by atoms with Gasteiger partial charge in [-0.15, -0.1) is 54.1 Å². The molecule has 0 aliphatic rings. The van der Waals surface area contributed by atoms with Crippen LogP contribution in [0.5, 0.6) is 0 Å². The molecule has 52 heavy (non-hydrogen) atoms. The van der Waals surface area contributed by atoms with E-state index in [0.717, 1.165) is 44.6 Å².